The van der Waals surface area contributed by atoms with Crippen molar-refractivity contribution in [2.75, 3.05) is 14.2 Å². The number of benzene rings is 1. The van der Waals surface area contributed by atoms with Crippen molar-refractivity contribution in [2.45, 2.75) is 20.0 Å². The van der Waals surface area contributed by atoms with E-state index in [1.54, 1.807) is 23.3 Å². The molecule has 0 fully saturated rings. The summed E-state index contributed by atoms with van der Waals surface area (Å²) in [5.74, 6) is 1.76. The molecule has 0 saturated heterocycles. The van der Waals surface area contributed by atoms with Gasteiger partial charge in [0.25, 0.3) is 0 Å². The van der Waals surface area contributed by atoms with Crippen LogP contribution in [-0.2, 0) is 13.1 Å². The zero-order valence-corrected chi connectivity index (χ0v) is 18.9. The maximum atomic E-state index is 9.74. The Morgan fingerprint density at radius 1 is 0.941 bits per heavy atom. The summed E-state index contributed by atoms with van der Waals surface area (Å²) in [6.07, 6.45) is 6.41. The third-order valence-electron chi connectivity index (χ3n) is 5.41. The van der Waals surface area contributed by atoms with Gasteiger partial charge in [-0.15, -0.1) is 0 Å². The first-order chi connectivity index (χ1) is 16.6. The van der Waals surface area contributed by atoms with Crippen LogP contribution < -0.4 is 9.47 Å². The largest absolute Gasteiger partial charge is 0.492 e. The molecule has 34 heavy (non-hydrogen) atoms. The first kappa shape index (κ1) is 21.3. The number of nitrogens with zero attached hydrogens (tertiary/aromatic N) is 8. The number of aromatic hydroxyl groups is 1. The van der Waals surface area contributed by atoms with E-state index in [4.69, 9.17) is 14.5 Å². The third-order valence-corrected chi connectivity index (χ3v) is 5.41. The molecule has 0 bridgehead atoms. The molecular formula is C23H22N8O3. The normalized spacial score (nSPS) is 11.1. The maximum absolute atomic E-state index is 9.74. The highest BCUT2D eigenvalue weighted by Crippen LogP contribution is 2.33. The standard InChI is InChI=1S/C23H22N8O3/c1-4-30-12-17(32)28-20(30)15-7-5-14(6-8-15)11-31-21-16(10-27-31)9-24-19(29-21)18-22(33-2)25-13-26-23(18)34-3/h5-10,12-13,32H,4,11H2,1-3H3. The Morgan fingerprint density at radius 3 is 2.35 bits per heavy atom. The van der Waals surface area contributed by atoms with Crippen LogP contribution in [0.4, 0.5) is 0 Å². The molecule has 5 rings (SSSR count). The van der Waals surface area contributed by atoms with Crippen molar-refractivity contribution in [3.63, 3.8) is 0 Å². The molecule has 0 radical (unpaired) electrons. The van der Waals surface area contributed by atoms with Crippen molar-refractivity contribution in [1.82, 2.24) is 39.3 Å². The van der Waals surface area contributed by atoms with Gasteiger partial charge in [-0.2, -0.15) is 10.1 Å². The minimum Gasteiger partial charge on any atom is -0.492 e. The molecule has 0 atom stereocenters. The average Bonchev–Trinajstić information content (AvgIpc) is 3.46. The van der Waals surface area contributed by atoms with Crippen molar-refractivity contribution in [1.29, 1.82) is 0 Å². The Labute approximate surface area is 194 Å². The number of ether oxygens (including phenoxy) is 2. The Kier molecular flexibility index (Phi) is 5.50. The highest BCUT2D eigenvalue weighted by molar-refractivity contribution is 5.78. The average molecular weight is 458 g/mol. The van der Waals surface area contributed by atoms with Crippen molar-refractivity contribution in [3.05, 3.63) is 54.7 Å². The predicted octanol–water partition coefficient (Wildman–Crippen LogP) is 2.94. The van der Waals surface area contributed by atoms with Gasteiger partial charge in [0.05, 0.1) is 38.5 Å². The molecule has 1 aromatic carbocycles. The zero-order chi connectivity index (χ0) is 23.7. The van der Waals surface area contributed by atoms with Crippen molar-refractivity contribution < 1.29 is 14.6 Å². The van der Waals surface area contributed by atoms with Crippen molar-refractivity contribution in [2.24, 2.45) is 0 Å². The number of methoxy groups -OCH3 is 2. The molecule has 11 heteroatoms. The number of hydrogen-bond donors (Lipinski definition) is 1. The van der Waals surface area contributed by atoms with E-state index < -0.39 is 0 Å². The fraction of sp³-hybridized carbons (Fsp3) is 0.217. The van der Waals surface area contributed by atoms with Crippen molar-refractivity contribution >= 4 is 11.0 Å². The van der Waals surface area contributed by atoms with Gasteiger partial charge in [0, 0.05) is 18.3 Å². The van der Waals surface area contributed by atoms with Crippen LogP contribution in [0.5, 0.6) is 17.6 Å². The molecule has 4 heterocycles. The maximum Gasteiger partial charge on any atom is 0.231 e. The van der Waals surface area contributed by atoms with Crippen LogP contribution in [0.15, 0.2) is 49.2 Å². The van der Waals surface area contributed by atoms with Gasteiger partial charge in [0.15, 0.2) is 11.5 Å². The Balaban J connectivity index is 1.48. The molecule has 0 spiro atoms. The second kappa shape index (κ2) is 8.77. The first-order valence-electron chi connectivity index (χ1n) is 10.6. The van der Waals surface area contributed by atoms with Gasteiger partial charge < -0.3 is 19.1 Å². The minimum atomic E-state index is 0.0107. The molecular weight excluding hydrogens is 436 g/mol. The molecule has 0 aliphatic heterocycles. The molecule has 11 nitrogen and oxygen atoms in total. The monoisotopic (exact) mass is 458 g/mol. The summed E-state index contributed by atoms with van der Waals surface area (Å²) in [5.41, 5.74) is 3.09. The van der Waals surface area contributed by atoms with Gasteiger partial charge in [-0.3, -0.25) is 0 Å². The molecule has 0 amide bonds. The summed E-state index contributed by atoms with van der Waals surface area (Å²) in [6.45, 7) is 3.23. The van der Waals surface area contributed by atoms with Gasteiger partial charge in [-0.25, -0.2) is 24.6 Å². The third kappa shape index (κ3) is 3.76. The molecule has 0 aliphatic carbocycles. The van der Waals surface area contributed by atoms with Crippen molar-refractivity contribution in [3.8, 4) is 40.4 Å². The molecule has 0 unspecified atom stereocenters. The smallest absolute Gasteiger partial charge is 0.231 e. The van der Waals surface area contributed by atoms with Crippen LogP contribution in [0.25, 0.3) is 33.8 Å². The van der Waals surface area contributed by atoms with Crippen LogP contribution in [-0.4, -0.2) is 58.6 Å². The fourth-order valence-electron chi connectivity index (χ4n) is 3.76. The SMILES string of the molecule is CCn1cc(O)nc1-c1ccc(Cn2ncc3cnc(-c4c(OC)ncnc4OC)nc32)cc1. The van der Waals surface area contributed by atoms with E-state index in [0.29, 0.717) is 41.9 Å². The quantitative estimate of drug-likeness (QED) is 0.392. The number of hydrogen-bond acceptors (Lipinski definition) is 9. The van der Waals surface area contributed by atoms with E-state index in [1.165, 1.54) is 20.5 Å². The van der Waals surface area contributed by atoms with Gasteiger partial charge >= 0.3 is 0 Å². The first-order valence-corrected chi connectivity index (χ1v) is 10.6. The molecule has 1 N–H and O–H groups in total. The molecule has 0 aliphatic rings. The van der Waals surface area contributed by atoms with Crippen LogP contribution in [0.2, 0.25) is 0 Å². The second-order valence-electron chi connectivity index (χ2n) is 7.45. The van der Waals surface area contributed by atoms with E-state index in [2.05, 4.69) is 25.0 Å². The molecule has 5 aromatic rings. The van der Waals surface area contributed by atoms with Gasteiger partial charge in [-0.1, -0.05) is 24.3 Å². The minimum absolute atomic E-state index is 0.0107. The summed E-state index contributed by atoms with van der Waals surface area (Å²) < 4.78 is 14.4. The lowest BCUT2D eigenvalue weighted by Crippen LogP contribution is -2.05. The Hall–Kier alpha value is -4.54. The van der Waals surface area contributed by atoms with Crippen LogP contribution in [0.1, 0.15) is 12.5 Å². The lowest BCUT2D eigenvalue weighted by molar-refractivity contribution is 0.374. The van der Waals surface area contributed by atoms with E-state index in [-0.39, 0.29) is 5.88 Å². The lowest BCUT2D eigenvalue weighted by Gasteiger charge is -2.10. The Morgan fingerprint density at radius 2 is 1.68 bits per heavy atom. The molecule has 4 aromatic heterocycles. The van der Waals surface area contributed by atoms with Gasteiger partial charge in [-0.05, 0) is 12.5 Å². The fourth-order valence-corrected chi connectivity index (χ4v) is 3.76. The van der Waals surface area contributed by atoms with E-state index in [0.717, 1.165) is 22.3 Å². The predicted molar refractivity (Wildman–Crippen MR) is 124 cm³/mol. The number of fused-ring (bicyclic) bond motifs is 1. The van der Waals surface area contributed by atoms with E-state index >= 15 is 0 Å². The summed E-state index contributed by atoms with van der Waals surface area (Å²) in [6, 6.07) is 7.97. The number of rotatable bonds is 7. The number of aromatic nitrogens is 8. The van der Waals surface area contributed by atoms with Crippen LogP contribution >= 0.6 is 0 Å². The number of imidazole rings is 1. The summed E-state index contributed by atoms with van der Waals surface area (Å²) in [7, 11) is 3.04. The molecule has 172 valence electrons. The van der Waals surface area contributed by atoms with Gasteiger partial charge in [0.2, 0.25) is 17.6 Å². The number of aryl methyl sites for hydroxylation is 1. The topological polar surface area (TPSA) is 126 Å². The summed E-state index contributed by atoms with van der Waals surface area (Å²) in [5, 5.41) is 15.0. The Bertz CT molecular complexity index is 1440. The highest BCUT2D eigenvalue weighted by Gasteiger charge is 2.19. The lowest BCUT2D eigenvalue weighted by atomic mass is 10.1. The highest BCUT2D eigenvalue weighted by atomic mass is 16.5. The summed E-state index contributed by atoms with van der Waals surface area (Å²) >= 11 is 0. The van der Waals surface area contributed by atoms with Crippen LogP contribution in [0, 0.1) is 0 Å². The molecule has 0 saturated carbocycles. The summed E-state index contributed by atoms with van der Waals surface area (Å²) in [4.78, 5) is 21.7. The van der Waals surface area contributed by atoms with E-state index in [1.807, 2.05) is 35.8 Å². The second-order valence-corrected chi connectivity index (χ2v) is 7.45. The van der Waals surface area contributed by atoms with Crippen LogP contribution in [0.3, 0.4) is 0 Å². The zero-order valence-electron chi connectivity index (χ0n) is 18.9. The van der Waals surface area contributed by atoms with E-state index in [9.17, 15) is 5.11 Å². The van der Waals surface area contributed by atoms with Gasteiger partial charge in [0.1, 0.15) is 17.7 Å².